The molecule has 1 atom stereocenters. The van der Waals surface area contributed by atoms with Gasteiger partial charge in [-0.3, -0.25) is 4.98 Å². The largest absolute Gasteiger partial charge is 0.265 e. The first-order chi connectivity index (χ1) is 9.36. The molecule has 108 valence electrons. The first kappa shape index (κ1) is 16.2. The number of pyridine rings is 1. The molecular weight excluding hydrogens is 230 g/mol. The minimum absolute atomic E-state index is 0.880. The molecular formula is C18H31N. The van der Waals surface area contributed by atoms with Gasteiger partial charge in [0, 0.05) is 12.4 Å². The van der Waals surface area contributed by atoms with Crippen LogP contribution in [0.25, 0.3) is 0 Å². The highest BCUT2D eigenvalue weighted by molar-refractivity contribution is 5.10. The molecule has 0 aromatic carbocycles. The Labute approximate surface area is 119 Å². The van der Waals surface area contributed by atoms with Crippen molar-refractivity contribution in [2.45, 2.75) is 78.1 Å². The molecule has 1 rings (SSSR count). The summed E-state index contributed by atoms with van der Waals surface area (Å²) in [6.45, 7) is 4.58. The van der Waals surface area contributed by atoms with Crippen molar-refractivity contribution < 1.29 is 0 Å². The van der Waals surface area contributed by atoms with Crippen molar-refractivity contribution in [2.24, 2.45) is 5.92 Å². The van der Waals surface area contributed by atoms with Crippen LogP contribution < -0.4 is 0 Å². The summed E-state index contributed by atoms with van der Waals surface area (Å²) in [4.78, 5) is 4.11. The Balaban J connectivity index is 2.35. The third kappa shape index (κ3) is 8.02. The molecule has 0 fully saturated rings. The molecule has 1 heteroatoms. The van der Waals surface area contributed by atoms with Crippen LogP contribution in [0.15, 0.2) is 24.5 Å². The fourth-order valence-electron chi connectivity index (χ4n) is 2.74. The van der Waals surface area contributed by atoms with Crippen LogP contribution in [0.1, 0.15) is 77.2 Å². The minimum Gasteiger partial charge on any atom is -0.265 e. The van der Waals surface area contributed by atoms with E-state index in [4.69, 9.17) is 0 Å². The predicted molar refractivity (Wildman–Crippen MR) is 84.3 cm³/mol. The third-order valence-corrected chi connectivity index (χ3v) is 3.96. The normalized spacial score (nSPS) is 12.5. The van der Waals surface area contributed by atoms with E-state index in [-0.39, 0.29) is 0 Å². The molecule has 1 aromatic heterocycles. The number of rotatable bonds is 11. The van der Waals surface area contributed by atoms with Crippen molar-refractivity contribution >= 4 is 0 Å². The van der Waals surface area contributed by atoms with Gasteiger partial charge < -0.3 is 0 Å². The van der Waals surface area contributed by atoms with Gasteiger partial charge in [-0.05, 0) is 30.0 Å². The molecule has 0 amide bonds. The van der Waals surface area contributed by atoms with Gasteiger partial charge in [0.2, 0.25) is 0 Å². The quantitative estimate of drug-likeness (QED) is 0.459. The third-order valence-electron chi connectivity index (χ3n) is 3.96. The Morgan fingerprint density at radius 2 is 1.42 bits per heavy atom. The van der Waals surface area contributed by atoms with E-state index < -0.39 is 0 Å². The van der Waals surface area contributed by atoms with Gasteiger partial charge in [0.25, 0.3) is 0 Å². The lowest BCUT2D eigenvalue weighted by Crippen LogP contribution is -2.05. The zero-order valence-electron chi connectivity index (χ0n) is 12.9. The van der Waals surface area contributed by atoms with Crippen molar-refractivity contribution in [1.29, 1.82) is 0 Å². The molecule has 19 heavy (non-hydrogen) atoms. The highest BCUT2D eigenvalue weighted by Gasteiger charge is 2.09. The van der Waals surface area contributed by atoms with Crippen LogP contribution >= 0.6 is 0 Å². The van der Waals surface area contributed by atoms with E-state index in [2.05, 4.69) is 31.0 Å². The average Bonchev–Trinajstić information content (AvgIpc) is 2.44. The number of nitrogens with zero attached hydrogens (tertiary/aromatic N) is 1. The summed E-state index contributed by atoms with van der Waals surface area (Å²) in [7, 11) is 0. The van der Waals surface area contributed by atoms with E-state index in [1.807, 2.05) is 12.4 Å². The highest BCUT2D eigenvalue weighted by Crippen LogP contribution is 2.22. The van der Waals surface area contributed by atoms with Crippen LogP contribution in [-0.4, -0.2) is 4.98 Å². The molecule has 0 aliphatic heterocycles. The average molecular weight is 261 g/mol. The second-order valence-electron chi connectivity index (χ2n) is 5.77. The second-order valence-corrected chi connectivity index (χ2v) is 5.77. The number of hydrogen-bond donors (Lipinski definition) is 0. The maximum Gasteiger partial charge on any atom is 0.0270 e. The first-order valence-electron chi connectivity index (χ1n) is 8.25. The molecule has 0 N–H and O–H groups in total. The summed E-state index contributed by atoms with van der Waals surface area (Å²) in [5.74, 6) is 0.880. The van der Waals surface area contributed by atoms with Gasteiger partial charge in [0.1, 0.15) is 0 Å². The zero-order valence-corrected chi connectivity index (χ0v) is 12.9. The summed E-state index contributed by atoms with van der Waals surface area (Å²) < 4.78 is 0. The van der Waals surface area contributed by atoms with E-state index in [9.17, 15) is 0 Å². The van der Waals surface area contributed by atoms with Gasteiger partial charge in [-0.2, -0.15) is 0 Å². The number of aromatic nitrogens is 1. The number of unbranched alkanes of at least 4 members (excludes halogenated alkanes) is 5. The first-order valence-corrected chi connectivity index (χ1v) is 8.25. The molecule has 1 nitrogen and oxygen atoms in total. The van der Waals surface area contributed by atoms with Gasteiger partial charge in [-0.25, -0.2) is 0 Å². The molecule has 0 bridgehead atoms. The smallest absolute Gasteiger partial charge is 0.0270 e. The monoisotopic (exact) mass is 261 g/mol. The minimum atomic E-state index is 0.880. The molecule has 0 spiro atoms. The fraction of sp³-hybridized carbons (Fsp3) is 0.722. The molecule has 0 radical (unpaired) electrons. The topological polar surface area (TPSA) is 12.9 Å². The van der Waals surface area contributed by atoms with Crippen LogP contribution in [0.2, 0.25) is 0 Å². The van der Waals surface area contributed by atoms with Crippen LogP contribution in [0.5, 0.6) is 0 Å². The SMILES string of the molecule is CCCCCCC(CCCCC)Cc1ccncc1. The molecule has 0 aliphatic carbocycles. The molecule has 1 unspecified atom stereocenters. The van der Waals surface area contributed by atoms with E-state index in [1.54, 1.807) is 0 Å². The van der Waals surface area contributed by atoms with Gasteiger partial charge in [-0.15, -0.1) is 0 Å². The lowest BCUT2D eigenvalue weighted by atomic mass is 9.89. The van der Waals surface area contributed by atoms with Crippen LogP contribution in [-0.2, 0) is 6.42 Å². The Hall–Kier alpha value is -0.850. The zero-order chi connectivity index (χ0) is 13.8. The molecule has 0 saturated carbocycles. The van der Waals surface area contributed by atoms with Crippen molar-refractivity contribution in [3.05, 3.63) is 30.1 Å². The van der Waals surface area contributed by atoms with E-state index in [0.29, 0.717) is 0 Å². The fourth-order valence-corrected chi connectivity index (χ4v) is 2.74. The molecule has 1 aromatic rings. The lowest BCUT2D eigenvalue weighted by molar-refractivity contribution is 0.406. The summed E-state index contributed by atoms with van der Waals surface area (Å²) in [6.07, 6.45) is 17.6. The summed E-state index contributed by atoms with van der Waals surface area (Å²) in [5, 5.41) is 0. The summed E-state index contributed by atoms with van der Waals surface area (Å²) in [5.41, 5.74) is 1.46. The van der Waals surface area contributed by atoms with Gasteiger partial charge in [0.05, 0.1) is 0 Å². The standard InChI is InChI=1S/C18H31N/c1-3-5-7-9-11-17(10-8-6-4-2)16-18-12-14-19-15-13-18/h12-15,17H,3-11,16H2,1-2H3. The number of hydrogen-bond acceptors (Lipinski definition) is 1. The Kier molecular flexibility index (Phi) is 9.40. The Morgan fingerprint density at radius 3 is 2.05 bits per heavy atom. The van der Waals surface area contributed by atoms with Crippen LogP contribution in [0.4, 0.5) is 0 Å². The predicted octanol–water partition coefficient (Wildman–Crippen LogP) is 5.79. The second kappa shape index (κ2) is 11.0. The van der Waals surface area contributed by atoms with Crippen molar-refractivity contribution in [1.82, 2.24) is 4.98 Å². The summed E-state index contributed by atoms with van der Waals surface area (Å²) in [6, 6.07) is 4.36. The molecule has 0 saturated heterocycles. The van der Waals surface area contributed by atoms with Crippen LogP contribution in [0, 0.1) is 5.92 Å². The maximum atomic E-state index is 4.11. The van der Waals surface area contributed by atoms with Gasteiger partial charge >= 0.3 is 0 Å². The molecule has 1 heterocycles. The van der Waals surface area contributed by atoms with Crippen molar-refractivity contribution in [2.75, 3.05) is 0 Å². The van der Waals surface area contributed by atoms with Gasteiger partial charge in [-0.1, -0.05) is 71.6 Å². The van der Waals surface area contributed by atoms with Crippen molar-refractivity contribution in [3.63, 3.8) is 0 Å². The van der Waals surface area contributed by atoms with E-state index in [1.165, 1.54) is 69.8 Å². The Morgan fingerprint density at radius 1 is 0.842 bits per heavy atom. The summed E-state index contributed by atoms with van der Waals surface area (Å²) >= 11 is 0. The van der Waals surface area contributed by atoms with Gasteiger partial charge in [0.15, 0.2) is 0 Å². The van der Waals surface area contributed by atoms with E-state index >= 15 is 0 Å². The maximum absolute atomic E-state index is 4.11. The van der Waals surface area contributed by atoms with E-state index in [0.717, 1.165) is 5.92 Å². The highest BCUT2D eigenvalue weighted by atomic mass is 14.6. The Bertz CT molecular complexity index is 294. The lowest BCUT2D eigenvalue weighted by Gasteiger charge is -2.17. The van der Waals surface area contributed by atoms with Crippen LogP contribution in [0.3, 0.4) is 0 Å². The van der Waals surface area contributed by atoms with Crippen molar-refractivity contribution in [3.8, 4) is 0 Å². The molecule has 0 aliphatic rings.